The van der Waals surface area contributed by atoms with E-state index in [1.807, 2.05) is 4.72 Å². The van der Waals surface area contributed by atoms with Gasteiger partial charge in [0, 0.05) is 13.0 Å². The quantitative estimate of drug-likeness (QED) is 0.813. The molecule has 0 aromatic heterocycles. The van der Waals surface area contributed by atoms with Crippen LogP contribution in [-0.2, 0) is 19.6 Å². The molecule has 21 heavy (non-hydrogen) atoms. The van der Waals surface area contributed by atoms with Gasteiger partial charge in [-0.05, 0) is 25.5 Å². The molecule has 0 saturated carbocycles. The van der Waals surface area contributed by atoms with E-state index in [0.29, 0.717) is 5.56 Å². The van der Waals surface area contributed by atoms with Crippen molar-refractivity contribution in [2.24, 2.45) is 0 Å². The Balaban J connectivity index is 2.55. The zero-order valence-corrected chi connectivity index (χ0v) is 12.7. The van der Waals surface area contributed by atoms with E-state index in [1.165, 1.54) is 6.07 Å². The summed E-state index contributed by atoms with van der Waals surface area (Å²) in [5, 5.41) is 2.33. The maximum atomic E-state index is 12.0. The maximum Gasteiger partial charge on any atom is 0.407 e. The van der Waals surface area contributed by atoms with Crippen LogP contribution in [0.4, 0.5) is 4.79 Å². The molecule has 0 aliphatic rings. The van der Waals surface area contributed by atoms with E-state index in [9.17, 15) is 18.0 Å². The van der Waals surface area contributed by atoms with Gasteiger partial charge in [-0.1, -0.05) is 18.2 Å². The van der Waals surface area contributed by atoms with E-state index in [2.05, 4.69) is 10.1 Å². The Morgan fingerprint density at radius 2 is 1.90 bits per heavy atom. The van der Waals surface area contributed by atoms with Gasteiger partial charge < -0.3 is 10.1 Å². The number of carbonyl (C=O) groups excluding carboxylic acids is 2. The third-order valence-corrected chi connectivity index (χ3v) is 4.06. The lowest BCUT2D eigenvalue weighted by Gasteiger charge is -2.09. The first-order valence-electron chi connectivity index (χ1n) is 6.38. The first kappa shape index (κ1) is 17.0. The van der Waals surface area contributed by atoms with Crippen LogP contribution in [0.15, 0.2) is 29.2 Å². The lowest BCUT2D eigenvalue weighted by Crippen LogP contribution is -2.34. The lowest BCUT2D eigenvalue weighted by atomic mass is 10.2. The fourth-order valence-corrected chi connectivity index (χ4v) is 2.84. The highest BCUT2D eigenvalue weighted by Gasteiger charge is 2.19. The van der Waals surface area contributed by atoms with Crippen molar-refractivity contribution in [3.8, 4) is 0 Å². The standard InChI is InChI=1S/C13H18N2O5S/c1-3-20-13(17)14-9-8-12(16)15-21(18,19)11-7-5-4-6-10(11)2/h4-7H,3,8-9H2,1-2H3,(H,14,17)(H,15,16). The SMILES string of the molecule is CCOC(=O)NCCC(=O)NS(=O)(=O)c1ccccc1C. The highest BCUT2D eigenvalue weighted by molar-refractivity contribution is 7.90. The Morgan fingerprint density at radius 3 is 2.52 bits per heavy atom. The second-order valence-corrected chi connectivity index (χ2v) is 5.84. The molecule has 0 radical (unpaired) electrons. The molecule has 116 valence electrons. The summed E-state index contributed by atoms with van der Waals surface area (Å²) in [4.78, 5) is 22.6. The summed E-state index contributed by atoms with van der Waals surface area (Å²) in [6, 6.07) is 6.34. The fraction of sp³-hybridized carbons (Fsp3) is 0.385. The predicted molar refractivity (Wildman–Crippen MR) is 76.1 cm³/mol. The monoisotopic (exact) mass is 314 g/mol. The first-order chi connectivity index (χ1) is 9.86. The third-order valence-electron chi connectivity index (χ3n) is 2.53. The number of benzene rings is 1. The first-order valence-corrected chi connectivity index (χ1v) is 7.87. The van der Waals surface area contributed by atoms with Gasteiger partial charge in [0.2, 0.25) is 5.91 Å². The van der Waals surface area contributed by atoms with Crippen LogP contribution < -0.4 is 10.0 Å². The molecule has 0 spiro atoms. The van der Waals surface area contributed by atoms with E-state index in [-0.39, 0.29) is 24.5 Å². The zero-order chi connectivity index (χ0) is 15.9. The molecule has 1 aromatic rings. The summed E-state index contributed by atoms with van der Waals surface area (Å²) in [5.41, 5.74) is 0.544. The molecule has 0 aliphatic heterocycles. The molecule has 1 rings (SSSR count). The minimum atomic E-state index is -3.89. The molecule has 0 heterocycles. The minimum Gasteiger partial charge on any atom is -0.450 e. The summed E-state index contributed by atoms with van der Waals surface area (Å²) in [7, 11) is -3.89. The van der Waals surface area contributed by atoms with E-state index in [0.717, 1.165) is 0 Å². The van der Waals surface area contributed by atoms with Gasteiger partial charge >= 0.3 is 6.09 Å². The van der Waals surface area contributed by atoms with Gasteiger partial charge in [0.05, 0.1) is 11.5 Å². The molecule has 0 saturated heterocycles. The molecule has 0 bridgehead atoms. The van der Waals surface area contributed by atoms with Crippen molar-refractivity contribution in [2.45, 2.75) is 25.2 Å². The van der Waals surface area contributed by atoms with E-state index >= 15 is 0 Å². The van der Waals surface area contributed by atoms with Gasteiger partial charge in [-0.2, -0.15) is 0 Å². The normalized spacial score (nSPS) is 10.8. The topological polar surface area (TPSA) is 102 Å². The van der Waals surface area contributed by atoms with Crippen LogP contribution in [0.5, 0.6) is 0 Å². The number of amides is 2. The fourth-order valence-electron chi connectivity index (χ4n) is 1.57. The molecule has 0 aliphatic carbocycles. The smallest absolute Gasteiger partial charge is 0.407 e. The van der Waals surface area contributed by atoms with Crippen molar-refractivity contribution in [1.29, 1.82) is 0 Å². The third kappa shape index (κ3) is 5.42. The molecule has 8 heteroatoms. The summed E-state index contributed by atoms with van der Waals surface area (Å²) >= 11 is 0. The molecular formula is C13H18N2O5S. The van der Waals surface area contributed by atoms with Crippen LogP contribution in [0.2, 0.25) is 0 Å². The number of nitrogens with one attached hydrogen (secondary N) is 2. The van der Waals surface area contributed by atoms with Gasteiger partial charge in [-0.3, -0.25) is 4.79 Å². The van der Waals surface area contributed by atoms with Crippen molar-refractivity contribution in [3.05, 3.63) is 29.8 Å². The van der Waals surface area contributed by atoms with Crippen LogP contribution in [0.3, 0.4) is 0 Å². The van der Waals surface area contributed by atoms with E-state index in [1.54, 1.807) is 32.0 Å². The van der Waals surface area contributed by atoms with Gasteiger partial charge in [0.15, 0.2) is 0 Å². The Bertz CT molecular complexity index is 613. The van der Waals surface area contributed by atoms with Crippen LogP contribution in [0, 0.1) is 6.92 Å². The number of hydrogen-bond donors (Lipinski definition) is 2. The van der Waals surface area contributed by atoms with Crippen molar-refractivity contribution in [2.75, 3.05) is 13.2 Å². The number of ether oxygens (including phenoxy) is 1. The summed E-state index contributed by atoms with van der Waals surface area (Å²) in [5.74, 6) is -0.699. The maximum absolute atomic E-state index is 12.0. The Labute approximate surface area is 123 Å². The Morgan fingerprint density at radius 1 is 1.24 bits per heavy atom. The van der Waals surface area contributed by atoms with Gasteiger partial charge in [0.25, 0.3) is 10.0 Å². The average Bonchev–Trinajstić information content (AvgIpc) is 2.38. The molecular weight excluding hydrogens is 296 g/mol. The van der Waals surface area contributed by atoms with Gasteiger partial charge in [-0.15, -0.1) is 0 Å². The molecule has 0 fully saturated rings. The summed E-state index contributed by atoms with van der Waals surface area (Å²) in [6.07, 6.45) is -0.809. The number of aryl methyl sites for hydroxylation is 1. The van der Waals surface area contributed by atoms with Crippen molar-refractivity contribution in [1.82, 2.24) is 10.0 Å². The number of hydrogen-bond acceptors (Lipinski definition) is 5. The van der Waals surface area contributed by atoms with Crippen LogP contribution in [0.25, 0.3) is 0 Å². The van der Waals surface area contributed by atoms with Crippen molar-refractivity contribution in [3.63, 3.8) is 0 Å². The lowest BCUT2D eigenvalue weighted by molar-refractivity contribution is -0.119. The molecule has 2 N–H and O–H groups in total. The highest BCUT2D eigenvalue weighted by Crippen LogP contribution is 2.13. The van der Waals surface area contributed by atoms with Crippen molar-refractivity contribution >= 4 is 22.0 Å². The number of alkyl carbamates (subject to hydrolysis) is 1. The molecule has 0 atom stereocenters. The molecule has 0 unspecified atom stereocenters. The van der Waals surface area contributed by atoms with Gasteiger partial charge in [0.1, 0.15) is 0 Å². The number of rotatable bonds is 6. The Hall–Kier alpha value is -2.09. The minimum absolute atomic E-state index is 0.00599. The largest absolute Gasteiger partial charge is 0.450 e. The van der Waals surface area contributed by atoms with E-state index in [4.69, 9.17) is 0 Å². The molecule has 1 aromatic carbocycles. The second-order valence-electron chi connectivity index (χ2n) is 4.19. The predicted octanol–water partition coefficient (Wildman–Crippen LogP) is 0.936. The number of carbonyl (C=O) groups is 2. The van der Waals surface area contributed by atoms with Crippen LogP contribution in [-0.4, -0.2) is 33.6 Å². The zero-order valence-electron chi connectivity index (χ0n) is 11.9. The average molecular weight is 314 g/mol. The van der Waals surface area contributed by atoms with Gasteiger partial charge in [-0.25, -0.2) is 17.9 Å². The molecule has 7 nitrogen and oxygen atoms in total. The number of sulfonamides is 1. The van der Waals surface area contributed by atoms with Crippen molar-refractivity contribution < 1.29 is 22.7 Å². The van der Waals surface area contributed by atoms with Crippen LogP contribution in [0.1, 0.15) is 18.9 Å². The molecule has 2 amide bonds. The van der Waals surface area contributed by atoms with E-state index < -0.39 is 22.0 Å². The van der Waals surface area contributed by atoms with Crippen LogP contribution >= 0.6 is 0 Å². The second kappa shape index (κ2) is 7.63. The highest BCUT2D eigenvalue weighted by atomic mass is 32.2. The Kier molecular flexibility index (Phi) is 6.16. The summed E-state index contributed by atoms with van der Waals surface area (Å²) < 4.78 is 30.6. The summed E-state index contributed by atoms with van der Waals surface area (Å²) in [6.45, 7) is 3.51.